The van der Waals surface area contributed by atoms with Crippen molar-refractivity contribution in [1.82, 2.24) is 0 Å². The fourth-order valence-corrected chi connectivity index (χ4v) is 1.57. The monoisotopic (exact) mass is 214 g/mol. The Labute approximate surface area is 94.4 Å². The van der Waals surface area contributed by atoms with Crippen molar-refractivity contribution in [3.05, 3.63) is 0 Å². The van der Waals surface area contributed by atoms with Crippen LogP contribution in [-0.2, 0) is 9.53 Å². The summed E-state index contributed by atoms with van der Waals surface area (Å²) in [4.78, 5) is 11.4. The summed E-state index contributed by atoms with van der Waals surface area (Å²) in [6.45, 7) is 6.85. The van der Waals surface area contributed by atoms with E-state index in [1.807, 2.05) is 6.92 Å². The van der Waals surface area contributed by atoms with Crippen molar-refractivity contribution in [2.75, 3.05) is 6.61 Å². The van der Waals surface area contributed by atoms with Crippen LogP contribution in [-0.4, -0.2) is 12.6 Å². The van der Waals surface area contributed by atoms with Gasteiger partial charge in [-0.1, -0.05) is 52.9 Å². The molecule has 0 rings (SSSR count). The average molecular weight is 214 g/mol. The highest BCUT2D eigenvalue weighted by atomic mass is 16.5. The van der Waals surface area contributed by atoms with Gasteiger partial charge in [0.1, 0.15) is 0 Å². The van der Waals surface area contributed by atoms with Crippen molar-refractivity contribution in [2.45, 2.75) is 65.7 Å². The molecule has 2 nitrogen and oxygen atoms in total. The van der Waals surface area contributed by atoms with E-state index in [-0.39, 0.29) is 11.9 Å². The normalized spacial score (nSPS) is 12.5. The third kappa shape index (κ3) is 8.46. The van der Waals surface area contributed by atoms with Crippen molar-refractivity contribution in [1.29, 1.82) is 0 Å². The van der Waals surface area contributed by atoms with Gasteiger partial charge in [0.05, 0.1) is 12.5 Å². The van der Waals surface area contributed by atoms with Crippen LogP contribution in [0.1, 0.15) is 65.7 Å². The van der Waals surface area contributed by atoms with Crippen molar-refractivity contribution >= 4 is 5.97 Å². The maximum absolute atomic E-state index is 11.4. The van der Waals surface area contributed by atoms with Gasteiger partial charge in [-0.05, 0) is 12.8 Å². The van der Waals surface area contributed by atoms with E-state index in [0.717, 1.165) is 19.3 Å². The van der Waals surface area contributed by atoms with Crippen LogP contribution in [0.2, 0.25) is 0 Å². The van der Waals surface area contributed by atoms with Gasteiger partial charge in [-0.3, -0.25) is 4.79 Å². The van der Waals surface area contributed by atoms with Crippen molar-refractivity contribution < 1.29 is 9.53 Å². The second-order valence-corrected chi connectivity index (χ2v) is 4.27. The summed E-state index contributed by atoms with van der Waals surface area (Å²) in [6, 6.07) is 0. The van der Waals surface area contributed by atoms with Gasteiger partial charge in [-0.15, -0.1) is 0 Å². The number of ether oxygens (including phenoxy) is 1. The van der Waals surface area contributed by atoms with Gasteiger partial charge < -0.3 is 4.74 Å². The van der Waals surface area contributed by atoms with Gasteiger partial charge in [0, 0.05) is 0 Å². The van der Waals surface area contributed by atoms with Crippen LogP contribution in [0.3, 0.4) is 0 Å². The summed E-state index contributed by atoms with van der Waals surface area (Å²) in [5, 5.41) is 0. The van der Waals surface area contributed by atoms with Crippen LogP contribution in [0.5, 0.6) is 0 Å². The van der Waals surface area contributed by atoms with E-state index in [0.29, 0.717) is 6.61 Å². The Hall–Kier alpha value is -0.530. The molecule has 90 valence electrons. The molecule has 0 radical (unpaired) electrons. The molecule has 0 aromatic rings. The lowest BCUT2D eigenvalue weighted by atomic mass is 10.1. The lowest BCUT2D eigenvalue weighted by Gasteiger charge is -2.09. The molecule has 0 fully saturated rings. The van der Waals surface area contributed by atoms with E-state index >= 15 is 0 Å². The van der Waals surface area contributed by atoms with Crippen molar-refractivity contribution in [3.8, 4) is 0 Å². The Morgan fingerprint density at radius 3 is 2.33 bits per heavy atom. The van der Waals surface area contributed by atoms with Crippen LogP contribution in [0.15, 0.2) is 0 Å². The number of hydrogen-bond acceptors (Lipinski definition) is 2. The average Bonchev–Trinajstić information content (AvgIpc) is 2.23. The number of carbonyl (C=O) groups excluding carboxylic acids is 1. The minimum atomic E-state index is -0.0210. The van der Waals surface area contributed by atoms with Gasteiger partial charge in [0.15, 0.2) is 0 Å². The predicted molar refractivity (Wildman–Crippen MR) is 63.8 cm³/mol. The largest absolute Gasteiger partial charge is 0.465 e. The molecule has 2 heteroatoms. The third-order valence-corrected chi connectivity index (χ3v) is 2.62. The molecule has 1 atom stereocenters. The molecule has 0 N–H and O–H groups in total. The Bertz CT molecular complexity index is 155. The maximum atomic E-state index is 11.4. The molecule has 0 bridgehead atoms. The highest BCUT2D eigenvalue weighted by Gasteiger charge is 2.12. The van der Waals surface area contributed by atoms with Crippen molar-refractivity contribution in [2.24, 2.45) is 5.92 Å². The highest BCUT2D eigenvalue weighted by molar-refractivity contribution is 5.71. The Morgan fingerprint density at radius 1 is 1.07 bits per heavy atom. The van der Waals surface area contributed by atoms with Gasteiger partial charge in [0.25, 0.3) is 0 Å². The lowest BCUT2D eigenvalue weighted by Crippen LogP contribution is -2.15. The Kier molecular flexibility index (Phi) is 9.65. The molecule has 0 aliphatic heterocycles. The van der Waals surface area contributed by atoms with E-state index < -0.39 is 0 Å². The molecule has 0 aliphatic rings. The molecule has 0 heterocycles. The fraction of sp³-hybridized carbons (Fsp3) is 0.923. The van der Waals surface area contributed by atoms with Crippen LogP contribution in [0, 0.1) is 5.92 Å². The standard InChI is InChI=1S/C13H26O2/c1-4-6-7-8-9-11-15-13(14)12(3)10-5-2/h12H,4-11H2,1-3H3/t12-/m1/s1. The SMILES string of the molecule is CCCCCCCOC(=O)[C@H](C)CCC. The second kappa shape index (κ2) is 10.0. The predicted octanol–water partition coefficient (Wildman–Crippen LogP) is 3.94. The summed E-state index contributed by atoms with van der Waals surface area (Å²) in [7, 11) is 0. The molecule has 0 aromatic carbocycles. The molecule has 0 unspecified atom stereocenters. The number of hydrogen-bond donors (Lipinski definition) is 0. The number of carbonyl (C=O) groups is 1. The first kappa shape index (κ1) is 14.5. The van der Waals surface area contributed by atoms with E-state index in [1.54, 1.807) is 0 Å². The minimum Gasteiger partial charge on any atom is -0.465 e. The topological polar surface area (TPSA) is 26.3 Å². The highest BCUT2D eigenvalue weighted by Crippen LogP contribution is 2.08. The summed E-state index contributed by atoms with van der Waals surface area (Å²) in [5.74, 6) is 0.0537. The molecule has 0 aliphatic carbocycles. The quantitative estimate of drug-likeness (QED) is 0.429. The zero-order chi connectivity index (χ0) is 11.5. The Morgan fingerprint density at radius 2 is 1.73 bits per heavy atom. The molecular formula is C13H26O2. The van der Waals surface area contributed by atoms with Crippen molar-refractivity contribution in [3.63, 3.8) is 0 Å². The first-order chi connectivity index (χ1) is 7.22. The van der Waals surface area contributed by atoms with Crippen LogP contribution < -0.4 is 0 Å². The van der Waals surface area contributed by atoms with E-state index in [9.17, 15) is 4.79 Å². The fourth-order valence-electron chi connectivity index (χ4n) is 1.57. The molecule has 0 saturated heterocycles. The summed E-state index contributed by atoms with van der Waals surface area (Å²) >= 11 is 0. The zero-order valence-corrected chi connectivity index (χ0v) is 10.6. The van der Waals surface area contributed by atoms with Gasteiger partial charge in [-0.25, -0.2) is 0 Å². The maximum Gasteiger partial charge on any atom is 0.308 e. The van der Waals surface area contributed by atoms with Crippen LogP contribution in [0.25, 0.3) is 0 Å². The van der Waals surface area contributed by atoms with Gasteiger partial charge in [0.2, 0.25) is 0 Å². The van der Waals surface area contributed by atoms with Crippen LogP contribution in [0.4, 0.5) is 0 Å². The Balaban J connectivity index is 3.30. The lowest BCUT2D eigenvalue weighted by molar-refractivity contribution is -0.148. The van der Waals surface area contributed by atoms with E-state index in [4.69, 9.17) is 4.74 Å². The molecule has 0 aromatic heterocycles. The van der Waals surface area contributed by atoms with E-state index in [2.05, 4.69) is 13.8 Å². The number of unbranched alkanes of at least 4 members (excludes halogenated alkanes) is 4. The molecule has 0 spiro atoms. The second-order valence-electron chi connectivity index (χ2n) is 4.27. The smallest absolute Gasteiger partial charge is 0.308 e. The van der Waals surface area contributed by atoms with E-state index in [1.165, 1.54) is 25.7 Å². The third-order valence-electron chi connectivity index (χ3n) is 2.62. The molecular weight excluding hydrogens is 188 g/mol. The first-order valence-corrected chi connectivity index (χ1v) is 6.39. The molecule has 15 heavy (non-hydrogen) atoms. The van der Waals surface area contributed by atoms with Gasteiger partial charge >= 0.3 is 5.97 Å². The number of esters is 1. The summed E-state index contributed by atoms with van der Waals surface area (Å²) < 4.78 is 5.20. The minimum absolute atomic E-state index is 0.0210. The number of rotatable bonds is 9. The van der Waals surface area contributed by atoms with Crippen LogP contribution >= 0.6 is 0 Å². The van der Waals surface area contributed by atoms with Gasteiger partial charge in [-0.2, -0.15) is 0 Å². The zero-order valence-electron chi connectivity index (χ0n) is 10.6. The molecule has 0 amide bonds. The first-order valence-electron chi connectivity index (χ1n) is 6.39. The molecule has 0 saturated carbocycles. The summed E-state index contributed by atoms with van der Waals surface area (Å²) in [5.41, 5.74) is 0. The summed E-state index contributed by atoms with van der Waals surface area (Å²) in [6.07, 6.45) is 8.00.